The summed E-state index contributed by atoms with van der Waals surface area (Å²) >= 11 is 0. The summed E-state index contributed by atoms with van der Waals surface area (Å²) in [5, 5.41) is 7.36. The minimum atomic E-state index is -0.0501. The highest BCUT2D eigenvalue weighted by Gasteiger charge is 2.36. The molecule has 0 unspecified atom stereocenters. The van der Waals surface area contributed by atoms with Crippen LogP contribution in [0, 0.1) is 6.92 Å². The molecule has 3 rings (SSSR count). The normalized spacial score (nSPS) is 21.1. The number of nitrogens with zero attached hydrogens (tertiary/aromatic N) is 3. The van der Waals surface area contributed by atoms with Crippen LogP contribution in [0.2, 0.25) is 0 Å². The number of hydrogen-bond acceptors (Lipinski definition) is 3. The molecule has 5 heteroatoms. The van der Waals surface area contributed by atoms with Crippen molar-refractivity contribution < 1.29 is 4.79 Å². The summed E-state index contributed by atoms with van der Waals surface area (Å²) in [6.07, 6.45) is 2.27. The summed E-state index contributed by atoms with van der Waals surface area (Å²) in [4.78, 5) is 14.9. The molecule has 0 radical (unpaired) electrons. The molecule has 1 aliphatic rings. The van der Waals surface area contributed by atoms with Gasteiger partial charge in [0.1, 0.15) is 5.69 Å². The van der Waals surface area contributed by atoms with Crippen LogP contribution in [0.25, 0.3) is 0 Å². The number of aryl methyl sites for hydroxylation is 2. The maximum atomic E-state index is 12.5. The first-order chi connectivity index (χ1) is 11.5. The molecule has 1 amide bonds. The number of likely N-dealkylation sites (tertiary alicyclic amines) is 1. The Bertz CT molecular complexity index is 709. The topological polar surface area (TPSA) is 50.2 Å². The van der Waals surface area contributed by atoms with Crippen LogP contribution in [0.4, 0.5) is 0 Å². The van der Waals surface area contributed by atoms with Crippen LogP contribution in [-0.2, 0) is 13.6 Å². The average molecular weight is 326 g/mol. The van der Waals surface area contributed by atoms with Gasteiger partial charge in [-0.1, -0.05) is 30.3 Å². The molecular formula is C19H26N4O. The van der Waals surface area contributed by atoms with E-state index in [9.17, 15) is 4.79 Å². The van der Waals surface area contributed by atoms with E-state index in [0.29, 0.717) is 12.2 Å². The van der Waals surface area contributed by atoms with E-state index in [2.05, 4.69) is 46.5 Å². The summed E-state index contributed by atoms with van der Waals surface area (Å²) in [6, 6.07) is 12.4. The van der Waals surface area contributed by atoms with E-state index in [1.165, 1.54) is 12.0 Å². The van der Waals surface area contributed by atoms with Gasteiger partial charge in [-0.25, -0.2) is 0 Å². The Morgan fingerprint density at radius 1 is 1.33 bits per heavy atom. The molecule has 1 aromatic heterocycles. The Hall–Kier alpha value is -2.14. The molecule has 1 aromatic carbocycles. The summed E-state index contributed by atoms with van der Waals surface area (Å²) in [5.41, 5.74) is 2.79. The van der Waals surface area contributed by atoms with Crippen molar-refractivity contribution in [1.82, 2.24) is 20.0 Å². The SMILES string of the molecule is Cc1cc(C(=O)NC[C@]2(C)CCCN2Cc2ccccc2)n(C)n1. The van der Waals surface area contributed by atoms with Crippen molar-refractivity contribution in [3.05, 3.63) is 53.3 Å². The van der Waals surface area contributed by atoms with Crippen LogP contribution < -0.4 is 5.32 Å². The average Bonchev–Trinajstić information content (AvgIpc) is 3.09. The zero-order valence-electron chi connectivity index (χ0n) is 14.7. The minimum absolute atomic E-state index is 0.000854. The number of nitrogens with one attached hydrogen (secondary N) is 1. The van der Waals surface area contributed by atoms with Crippen molar-refractivity contribution in [3.63, 3.8) is 0 Å². The van der Waals surface area contributed by atoms with Crippen LogP contribution in [0.5, 0.6) is 0 Å². The van der Waals surface area contributed by atoms with Crippen molar-refractivity contribution in [2.75, 3.05) is 13.1 Å². The van der Waals surface area contributed by atoms with Crippen molar-refractivity contribution >= 4 is 5.91 Å². The van der Waals surface area contributed by atoms with Gasteiger partial charge >= 0.3 is 0 Å². The van der Waals surface area contributed by atoms with Gasteiger partial charge in [-0.15, -0.1) is 0 Å². The standard InChI is InChI=1S/C19H26N4O/c1-15-12-17(22(3)21-15)18(24)20-14-19(2)10-7-11-23(19)13-16-8-5-4-6-9-16/h4-6,8-9,12H,7,10-11,13-14H2,1-3H3,(H,20,24)/t19-/m0/s1. The molecule has 0 bridgehead atoms. The molecule has 0 saturated carbocycles. The summed E-state index contributed by atoms with van der Waals surface area (Å²) in [5.74, 6) is -0.0501. The third kappa shape index (κ3) is 3.51. The predicted molar refractivity (Wildman–Crippen MR) is 94.8 cm³/mol. The quantitative estimate of drug-likeness (QED) is 0.918. The second kappa shape index (κ2) is 6.77. The zero-order chi connectivity index (χ0) is 17.2. The molecular weight excluding hydrogens is 300 g/mol. The van der Waals surface area contributed by atoms with Gasteiger partial charge in [0.15, 0.2) is 0 Å². The van der Waals surface area contributed by atoms with Gasteiger partial charge in [-0.3, -0.25) is 14.4 Å². The van der Waals surface area contributed by atoms with Crippen LogP contribution in [0.3, 0.4) is 0 Å². The molecule has 128 valence electrons. The van der Waals surface area contributed by atoms with E-state index >= 15 is 0 Å². The van der Waals surface area contributed by atoms with Crippen LogP contribution >= 0.6 is 0 Å². The Balaban J connectivity index is 1.64. The van der Waals surface area contributed by atoms with Crippen molar-refractivity contribution in [2.45, 2.75) is 38.8 Å². The first-order valence-electron chi connectivity index (χ1n) is 8.56. The summed E-state index contributed by atoms with van der Waals surface area (Å²) in [6.45, 7) is 6.81. The van der Waals surface area contributed by atoms with Crippen molar-refractivity contribution in [2.24, 2.45) is 7.05 Å². The molecule has 0 aliphatic carbocycles. The number of rotatable bonds is 5. The number of hydrogen-bond donors (Lipinski definition) is 1. The Labute approximate surface area is 143 Å². The van der Waals surface area contributed by atoms with Gasteiger partial charge in [0.2, 0.25) is 0 Å². The molecule has 24 heavy (non-hydrogen) atoms. The van der Waals surface area contributed by atoms with E-state index in [0.717, 1.165) is 25.2 Å². The van der Waals surface area contributed by atoms with E-state index in [-0.39, 0.29) is 11.4 Å². The maximum Gasteiger partial charge on any atom is 0.269 e. The molecule has 1 saturated heterocycles. The fourth-order valence-corrected chi connectivity index (χ4v) is 3.54. The highest BCUT2D eigenvalue weighted by molar-refractivity contribution is 5.92. The van der Waals surface area contributed by atoms with E-state index in [4.69, 9.17) is 0 Å². The van der Waals surface area contributed by atoms with Crippen LogP contribution in [0.15, 0.2) is 36.4 Å². The summed E-state index contributed by atoms with van der Waals surface area (Å²) in [7, 11) is 1.81. The first-order valence-corrected chi connectivity index (χ1v) is 8.56. The minimum Gasteiger partial charge on any atom is -0.349 e. The third-order valence-corrected chi connectivity index (χ3v) is 4.99. The van der Waals surface area contributed by atoms with Gasteiger partial charge in [0, 0.05) is 25.7 Å². The molecule has 1 N–H and O–H groups in total. The third-order valence-electron chi connectivity index (χ3n) is 4.99. The number of amides is 1. The fraction of sp³-hybridized carbons (Fsp3) is 0.474. The van der Waals surface area contributed by atoms with E-state index in [1.54, 1.807) is 11.7 Å². The lowest BCUT2D eigenvalue weighted by molar-refractivity contribution is 0.0888. The number of aromatic nitrogens is 2. The highest BCUT2D eigenvalue weighted by atomic mass is 16.2. The number of carbonyl (C=O) groups excluding carboxylic acids is 1. The molecule has 0 spiro atoms. The van der Waals surface area contributed by atoms with E-state index in [1.807, 2.05) is 19.1 Å². The molecule has 2 heterocycles. The van der Waals surface area contributed by atoms with Gasteiger partial charge in [-0.05, 0) is 44.9 Å². The van der Waals surface area contributed by atoms with Gasteiger partial charge in [0.05, 0.1) is 5.69 Å². The predicted octanol–water partition coefficient (Wildman–Crippen LogP) is 2.51. The van der Waals surface area contributed by atoms with E-state index < -0.39 is 0 Å². The highest BCUT2D eigenvalue weighted by Crippen LogP contribution is 2.30. The number of carbonyl (C=O) groups is 1. The Kier molecular flexibility index (Phi) is 4.71. The monoisotopic (exact) mass is 326 g/mol. The zero-order valence-corrected chi connectivity index (χ0v) is 14.7. The second-order valence-corrected chi connectivity index (χ2v) is 6.98. The van der Waals surface area contributed by atoms with Crippen molar-refractivity contribution in [3.8, 4) is 0 Å². The Morgan fingerprint density at radius 2 is 2.08 bits per heavy atom. The number of benzene rings is 1. The van der Waals surface area contributed by atoms with Gasteiger partial charge in [0.25, 0.3) is 5.91 Å². The lowest BCUT2D eigenvalue weighted by Gasteiger charge is -2.35. The molecule has 1 fully saturated rings. The fourth-order valence-electron chi connectivity index (χ4n) is 3.54. The smallest absolute Gasteiger partial charge is 0.269 e. The Morgan fingerprint density at radius 3 is 2.75 bits per heavy atom. The van der Waals surface area contributed by atoms with Crippen LogP contribution in [0.1, 0.15) is 41.5 Å². The molecule has 5 nitrogen and oxygen atoms in total. The molecule has 1 atom stereocenters. The maximum absolute atomic E-state index is 12.5. The first kappa shape index (κ1) is 16.7. The molecule has 2 aromatic rings. The second-order valence-electron chi connectivity index (χ2n) is 6.98. The summed E-state index contributed by atoms with van der Waals surface area (Å²) < 4.78 is 1.64. The lowest BCUT2D eigenvalue weighted by atomic mass is 9.98. The lowest BCUT2D eigenvalue weighted by Crippen LogP contribution is -2.49. The van der Waals surface area contributed by atoms with Crippen LogP contribution in [-0.4, -0.2) is 39.2 Å². The van der Waals surface area contributed by atoms with Gasteiger partial charge < -0.3 is 5.32 Å². The van der Waals surface area contributed by atoms with Crippen molar-refractivity contribution in [1.29, 1.82) is 0 Å². The molecule has 1 aliphatic heterocycles. The van der Waals surface area contributed by atoms with Gasteiger partial charge in [-0.2, -0.15) is 5.10 Å². The largest absolute Gasteiger partial charge is 0.349 e.